The van der Waals surface area contributed by atoms with Crippen LogP contribution in [0.15, 0.2) is 24.4 Å². The van der Waals surface area contributed by atoms with Crippen molar-refractivity contribution < 1.29 is 17.9 Å². The summed E-state index contributed by atoms with van der Waals surface area (Å²) in [5.74, 6) is -0.280. The molecule has 0 bridgehead atoms. The van der Waals surface area contributed by atoms with Gasteiger partial charge in [-0.15, -0.1) is 0 Å². The molecule has 0 amide bonds. The molecule has 0 saturated carbocycles. The standard InChI is InChI=1S/C19H24F3N3O/c1-11(2)9-19(4,23)10-26-15-6-5-14(25-17(15)18(21)22)13-7-8-24-12(3)16(13)20/h5-8,11,18H,9-10,23H2,1-4H3. The molecule has 2 aromatic rings. The summed E-state index contributed by atoms with van der Waals surface area (Å²) >= 11 is 0. The maximum Gasteiger partial charge on any atom is 0.284 e. The quantitative estimate of drug-likeness (QED) is 0.772. The number of halogens is 3. The van der Waals surface area contributed by atoms with Gasteiger partial charge in [-0.2, -0.15) is 0 Å². The zero-order chi connectivity index (χ0) is 19.5. The van der Waals surface area contributed by atoms with Crippen molar-refractivity contribution in [3.63, 3.8) is 0 Å². The van der Waals surface area contributed by atoms with Gasteiger partial charge in [0.25, 0.3) is 6.43 Å². The summed E-state index contributed by atoms with van der Waals surface area (Å²) in [4.78, 5) is 7.75. The second kappa shape index (κ2) is 8.03. The van der Waals surface area contributed by atoms with Gasteiger partial charge in [-0.05, 0) is 44.4 Å². The van der Waals surface area contributed by atoms with Gasteiger partial charge in [0, 0.05) is 17.3 Å². The maximum absolute atomic E-state index is 14.2. The molecule has 2 aromatic heterocycles. The first kappa shape index (κ1) is 20.2. The number of aromatic nitrogens is 2. The summed E-state index contributed by atoms with van der Waals surface area (Å²) in [5, 5.41) is 0. The topological polar surface area (TPSA) is 61.0 Å². The van der Waals surface area contributed by atoms with Crippen LogP contribution in [0.4, 0.5) is 13.2 Å². The van der Waals surface area contributed by atoms with Crippen molar-refractivity contribution in [2.45, 2.75) is 46.1 Å². The molecular formula is C19H24F3N3O. The number of alkyl halides is 2. The Morgan fingerprint density at radius 3 is 2.54 bits per heavy atom. The van der Waals surface area contributed by atoms with Crippen LogP contribution in [0.25, 0.3) is 11.3 Å². The third kappa shape index (κ3) is 4.94. The molecule has 0 aliphatic rings. The molecule has 0 aliphatic carbocycles. The second-order valence-corrected chi connectivity index (χ2v) is 7.18. The van der Waals surface area contributed by atoms with Crippen LogP contribution in [-0.4, -0.2) is 22.1 Å². The number of rotatable bonds is 7. The minimum Gasteiger partial charge on any atom is -0.490 e. The van der Waals surface area contributed by atoms with Crippen molar-refractivity contribution in [2.24, 2.45) is 11.7 Å². The van der Waals surface area contributed by atoms with Gasteiger partial charge in [0.2, 0.25) is 0 Å². The van der Waals surface area contributed by atoms with E-state index in [0.29, 0.717) is 12.3 Å². The Kier molecular flexibility index (Phi) is 6.23. The van der Waals surface area contributed by atoms with Crippen LogP contribution in [0.5, 0.6) is 5.75 Å². The van der Waals surface area contributed by atoms with Gasteiger partial charge in [-0.1, -0.05) is 13.8 Å². The van der Waals surface area contributed by atoms with E-state index in [0.717, 1.165) is 0 Å². The predicted molar refractivity (Wildman–Crippen MR) is 94.7 cm³/mol. The van der Waals surface area contributed by atoms with E-state index in [-0.39, 0.29) is 29.3 Å². The summed E-state index contributed by atoms with van der Waals surface area (Å²) in [5.41, 5.74) is 5.38. The normalized spacial score (nSPS) is 13.9. The SMILES string of the molecule is Cc1nccc(-c2ccc(OCC(C)(N)CC(C)C)c(C(F)F)n2)c1F. The molecule has 0 radical (unpaired) electrons. The zero-order valence-corrected chi connectivity index (χ0v) is 15.4. The van der Waals surface area contributed by atoms with Gasteiger partial charge in [0.05, 0.1) is 11.4 Å². The lowest BCUT2D eigenvalue weighted by Gasteiger charge is -2.27. The summed E-state index contributed by atoms with van der Waals surface area (Å²) in [6.45, 7) is 7.44. The maximum atomic E-state index is 14.2. The third-order valence-corrected chi connectivity index (χ3v) is 3.86. The van der Waals surface area contributed by atoms with Crippen molar-refractivity contribution in [1.82, 2.24) is 9.97 Å². The largest absolute Gasteiger partial charge is 0.490 e. The van der Waals surface area contributed by atoms with Crippen molar-refractivity contribution in [2.75, 3.05) is 6.61 Å². The van der Waals surface area contributed by atoms with Crippen LogP contribution in [0.3, 0.4) is 0 Å². The molecule has 2 N–H and O–H groups in total. The molecule has 4 nitrogen and oxygen atoms in total. The van der Waals surface area contributed by atoms with E-state index in [1.165, 1.54) is 31.3 Å². The summed E-state index contributed by atoms with van der Waals surface area (Å²) < 4.78 is 46.7. The fourth-order valence-corrected chi connectivity index (χ4v) is 2.87. The Bertz CT molecular complexity index is 764. The molecule has 0 saturated heterocycles. The highest BCUT2D eigenvalue weighted by Crippen LogP contribution is 2.32. The molecular weight excluding hydrogens is 343 g/mol. The monoisotopic (exact) mass is 367 g/mol. The van der Waals surface area contributed by atoms with E-state index < -0.39 is 23.5 Å². The summed E-state index contributed by atoms with van der Waals surface area (Å²) in [7, 11) is 0. The average molecular weight is 367 g/mol. The number of nitrogens with zero attached hydrogens (tertiary/aromatic N) is 2. The third-order valence-electron chi connectivity index (χ3n) is 3.86. The zero-order valence-electron chi connectivity index (χ0n) is 15.4. The van der Waals surface area contributed by atoms with Crippen molar-refractivity contribution in [3.05, 3.63) is 41.6 Å². The Hall–Kier alpha value is -2.15. The molecule has 2 rings (SSSR count). The Morgan fingerprint density at radius 1 is 1.23 bits per heavy atom. The number of nitrogens with two attached hydrogens (primary N) is 1. The molecule has 0 spiro atoms. The molecule has 142 valence electrons. The minimum atomic E-state index is -2.86. The van der Waals surface area contributed by atoms with Crippen LogP contribution in [0.2, 0.25) is 0 Å². The highest BCUT2D eigenvalue weighted by atomic mass is 19.3. The average Bonchev–Trinajstić information content (AvgIpc) is 2.54. The number of aryl methyl sites for hydroxylation is 1. The fraction of sp³-hybridized carbons (Fsp3) is 0.474. The molecule has 2 heterocycles. The lowest BCUT2D eigenvalue weighted by Crippen LogP contribution is -2.43. The minimum absolute atomic E-state index is 0.0460. The molecule has 26 heavy (non-hydrogen) atoms. The number of pyridine rings is 2. The summed E-state index contributed by atoms with van der Waals surface area (Å²) in [6.07, 6.45) is -0.761. The van der Waals surface area contributed by atoms with E-state index in [1.54, 1.807) is 0 Å². The van der Waals surface area contributed by atoms with Crippen molar-refractivity contribution >= 4 is 0 Å². The van der Waals surface area contributed by atoms with E-state index in [2.05, 4.69) is 9.97 Å². The Labute approximate surface area is 151 Å². The summed E-state index contributed by atoms with van der Waals surface area (Å²) in [6, 6.07) is 4.24. The molecule has 0 aromatic carbocycles. The van der Waals surface area contributed by atoms with E-state index in [9.17, 15) is 13.2 Å². The van der Waals surface area contributed by atoms with E-state index >= 15 is 0 Å². The number of hydrogen-bond acceptors (Lipinski definition) is 4. The fourth-order valence-electron chi connectivity index (χ4n) is 2.87. The van der Waals surface area contributed by atoms with E-state index in [4.69, 9.17) is 10.5 Å². The number of hydrogen-bond donors (Lipinski definition) is 1. The van der Waals surface area contributed by atoms with Gasteiger partial charge in [0.15, 0.2) is 5.82 Å². The smallest absolute Gasteiger partial charge is 0.284 e. The van der Waals surface area contributed by atoms with Crippen LogP contribution in [0, 0.1) is 18.7 Å². The Morgan fingerprint density at radius 2 is 1.92 bits per heavy atom. The molecule has 1 atom stereocenters. The first-order chi connectivity index (χ1) is 12.1. The second-order valence-electron chi connectivity index (χ2n) is 7.18. The predicted octanol–water partition coefficient (Wildman–Crippen LogP) is 4.67. The van der Waals surface area contributed by atoms with Crippen LogP contribution in [0.1, 0.15) is 45.0 Å². The van der Waals surface area contributed by atoms with E-state index in [1.807, 2.05) is 20.8 Å². The van der Waals surface area contributed by atoms with Crippen LogP contribution in [-0.2, 0) is 0 Å². The lowest BCUT2D eigenvalue weighted by molar-refractivity contribution is 0.134. The Balaban J connectivity index is 2.31. The highest BCUT2D eigenvalue weighted by Gasteiger charge is 2.24. The van der Waals surface area contributed by atoms with Gasteiger partial charge in [-0.3, -0.25) is 4.98 Å². The van der Waals surface area contributed by atoms with Crippen molar-refractivity contribution in [1.29, 1.82) is 0 Å². The number of ether oxygens (including phenoxy) is 1. The molecule has 1 unspecified atom stereocenters. The van der Waals surface area contributed by atoms with Gasteiger partial charge < -0.3 is 10.5 Å². The van der Waals surface area contributed by atoms with Gasteiger partial charge in [-0.25, -0.2) is 18.2 Å². The molecule has 7 heteroatoms. The van der Waals surface area contributed by atoms with Crippen LogP contribution >= 0.6 is 0 Å². The highest BCUT2D eigenvalue weighted by molar-refractivity contribution is 5.61. The molecule has 0 fully saturated rings. The molecule has 0 aliphatic heterocycles. The van der Waals surface area contributed by atoms with Crippen molar-refractivity contribution in [3.8, 4) is 17.0 Å². The van der Waals surface area contributed by atoms with Crippen LogP contribution < -0.4 is 10.5 Å². The first-order valence-electron chi connectivity index (χ1n) is 8.43. The first-order valence-corrected chi connectivity index (χ1v) is 8.43. The van der Waals surface area contributed by atoms with Gasteiger partial charge >= 0.3 is 0 Å². The lowest BCUT2D eigenvalue weighted by atomic mass is 9.93. The van der Waals surface area contributed by atoms with Gasteiger partial charge in [0.1, 0.15) is 18.1 Å².